The van der Waals surface area contributed by atoms with Crippen LogP contribution >= 0.6 is 0 Å². The zero-order valence-electron chi connectivity index (χ0n) is 12.0. The Kier molecular flexibility index (Phi) is 4.80. The molecular formula is C17H23NO. The monoisotopic (exact) mass is 257 g/mol. The highest BCUT2D eigenvalue weighted by atomic mass is 16.3. The molecule has 0 bridgehead atoms. The normalized spacial score (nSPS) is 12.8. The van der Waals surface area contributed by atoms with Crippen LogP contribution in [0.25, 0.3) is 0 Å². The van der Waals surface area contributed by atoms with Crippen LogP contribution in [0.5, 0.6) is 0 Å². The third kappa shape index (κ3) is 4.25. The van der Waals surface area contributed by atoms with E-state index in [1.165, 1.54) is 16.7 Å². The van der Waals surface area contributed by atoms with Crippen LogP contribution in [0.1, 0.15) is 43.5 Å². The Bertz CT molecular complexity index is 470. The van der Waals surface area contributed by atoms with Gasteiger partial charge in [-0.1, -0.05) is 38.1 Å². The summed E-state index contributed by atoms with van der Waals surface area (Å²) in [6, 6.07) is 11.3. The van der Waals surface area contributed by atoms with Crippen molar-refractivity contribution in [3.05, 3.63) is 59.5 Å². The molecule has 1 N–H and O–H groups in total. The Morgan fingerprint density at radius 3 is 2.32 bits per heavy atom. The fourth-order valence-electron chi connectivity index (χ4n) is 2.20. The van der Waals surface area contributed by atoms with Crippen LogP contribution in [0.3, 0.4) is 0 Å². The van der Waals surface area contributed by atoms with Crippen LogP contribution in [0.15, 0.2) is 47.3 Å². The highest BCUT2D eigenvalue weighted by Crippen LogP contribution is 2.16. The first-order valence-corrected chi connectivity index (χ1v) is 6.98. The van der Waals surface area contributed by atoms with E-state index < -0.39 is 0 Å². The fraction of sp³-hybridized carbons (Fsp3) is 0.412. The van der Waals surface area contributed by atoms with Gasteiger partial charge in [-0.3, -0.25) is 0 Å². The van der Waals surface area contributed by atoms with Crippen LogP contribution in [0.2, 0.25) is 0 Å². The minimum Gasteiger partial charge on any atom is -0.472 e. The summed E-state index contributed by atoms with van der Waals surface area (Å²) in [5, 5.41) is 3.50. The van der Waals surface area contributed by atoms with Crippen molar-refractivity contribution in [2.45, 2.75) is 39.8 Å². The van der Waals surface area contributed by atoms with E-state index in [0.717, 1.165) is 13.0 Å². The Morgan fingerprint density at radius 1 is 1.00 bits per heavy atom. The Hall–Kier alpha value is -1.54. The summed E-state index contributed by atoms with van der Waals surface area (Å²) in [6.45, 7) is 7.54. The van der Waals surface area contributed by atoms with Gasteiger partial charge in [0.25, 0.3) is 0 Å². The molecule has 2 aromatic rings. The zero-order chi connectivity index (χ0) is 13.7. The van der Waals surface area contributed by atoms with Gasteiger partial charge in [-0.15, -0.1) is 0 Å². The van der Waals surface area contributed by atoms with Gasteiger partial charge in [-0.25, -0.2) is 0 Å². The van der Waals surface area contributed by atoms with Crippen LogP contribution in [-0.4, -0.2) is 0 Å². The molecule has 0 saturated heterocycles. The maximum Gasteiger partial charge on any atom is 0.0947 e. The molecule has 2 nitrogen and oxygen atoms in total. The lowest BCUT2D eigenvalue weighted by Crippen LogP contribution is -2.17. The van der Waals surface area contributed by atoms with Crippen molar-refractivity contribution in [2.75, 3.05) is 0 Å². The molecule has 0 saturated carbocycles. The minimum absolute atomic E-state index is 0.350. The van der Waals surface area contributed by atoms with E-state index in [9.17, 15) is 0 Å². The maximum atomic E-state index is 5.07. The van der Waals surface area contributed by atoms with Gasteiger partial charge in [-0.2, -0.15) is 0 Å². The van der Waals surface area contributed by atoms with Crippen molar-refractivity contribution >= 4 is 0 Å². The standard InChI is InChI=1S/C17H23NO/c1-13(2)10-15-4-6-17(7-5-15)14(3)18-11-16-8-9-19-12-16/h4-9,12-14,18H,10-11H2,1-3H3. The third-order valence-corrected chi connectivity index (χ3v) is 3.32. The van der Waals surface area contributed by atoms with Crippen LogP contribution < -0.4 is 5.32 Å². The summed E-state index contributed by atoms with van der Waals surface area (Å²) in [4.78, 5) is 0. The molecule has 2 rings (SSSR count). The lowest BCUT2D eigenvalue weighted by atomic mass is 10.00. The van der Waals surface area contributed by atoms with E-state index in [2.05, 4.69) is 50.4 Å². The van der Waals surface area contributed by atoms with Gasteiger partial charge in [0.1, 0.15) is 0 Å². The second-order valence-corrected chi connectivity index (χ2v) is 5.57. The molecule has 0 aliphatic heterocycles. The molecular weight excluding hydrogens is 234 g/mol. The summed E-state index contributed by atoms with van der Waals surface area (Å²) < 4.78 is 5.07. The van der Waals surface area contributed by atoms with E-state index >= 15 is 0 Å². The summed E-state index contributed by atoms with van der Waals surface area (Å²) in [6.07, 6.45) is 4.64. The van der Waals surface area contributed by atoms with Crippen molar-refractivity contribution in [3.63, 3.8) is 0 Å². The molecule has 0 aliphatic carbocycles. The molecule has 1 aromatic carbocycles. The van der Waals surface area contributed by atoms with E-state index in [1.807, 2.05) is 6.07 Å². The van der Waals surface area contributed by atoms with E-state index in [0.29, 0.717) is 12.0 Å². The average molecular weight is 257 g/mol. The zero-order valence-corrected chi connectivity index (χ0v) is 12.0. The number of furan rings is 1. The first-order chi connectivity index (χ1) is 9.15. The summed E-state index contributed by atoms with van der Waals surface area (Å²) in [5.41, 5.74) is 3.93. The number of hydrogen-bond acceptors (Lipinski definition) is 2. The van der Waals surface area contributed by atoms with Gasteiger partial charge in [0.2, 0.25) is 0 Å². The predicted molar refractivity (Wildman–Crippen MR) is 78.9 cm³/mol. The molecule has 0 aliphatic rings. The Balaban J connectivity index is 1.90. The topological polar surface area (TPSA) is 25.2 Å². The molecule has 0 amide bonds. The summed E-state index contributed by atoms with van der Waals surface area (Å²) in [5.74, 6) is 0.711. The first-order valence-electron chi connectivity index (χ1n) is 6.98. The second kappa shape index (κ2) is 6.58. The molecule has 1 aromatic heterocycles. The van der Waals surface area contributed by atoms with Gasteiger partial charge >= 0.3 is 0 Å². The highest BCUT2D eigenvalue weighted by Gasteiger charge is 2.06. The lowest BCUT2D eigenvalue weighted by Gasteiger charge is -2.14. The van der Waals surface area contributed by atoms with Gasteiger partial charge in [-0.05, 0) is 36.5 Å². The second-order valence-electron chi connectivity index (χ2n) is 5.57. The van der Waals surface area contributed by atoms with Gasteiger partial charge in [0, 0.05) is 18.2 Å². The highest BCUT2D eigenvalue weighted by molar-refractivity contribution is 5.25. The largest absolute Gasteiger partial charge is 0.472 e. The summed E-state index contributed by atoms with van der Waals surface area (Å²) in [7, 11) is 0. The predicted octanol–water partition coefficient (Wildman–Crippen LogP) is 4.33. The minimum atomic E-state index is 0.350. The van der Waals surface area contributed by atoms with E-state index in [4.69, 9.17) is 4.42 Å². The molecule has 1 atom stereocenters. The number of nitrogens with one attached hydrogen (secondary N) is 1. The SMILES string of the molecule is CC(C)Cc1ccc(C(C)NCc2ccoc2)cc1. The molecule has 1 unspecified atom stereocenters. The molecule has 0 fully saturated rings. The smallest absolute Gasteiger partial charge is 0.0947 e. The molecule has 2 heteroatoms. The van der Waals surface area contributed by atoms with Gasteiger partial charge in [0.15, 0.2) is 0 Å². The molecule has 0 radical (unpaired) electrons. The van der Waals surface area contributed by atoms with E-state index in [1.54, 1.807) is 12.5 Å². The number of benzene rings is 1. The van der Waals surface area contributed by atoms with Crippen LogP contribution in [-0.2, 0) is 13.0 Å². The molecule has 0 spiro atoms. The van der Waals surface area contributed by atoms with Crippen LogP contribution in [0.4, 0.5) is 0 Å². The van der Waals surface area contributed by atoms with Gasteiger partial charge in [0.05, 0.1) is 12.5 Å². The van der Waals surface area contributed by atoms with Crippen LogP contribution in [0, 0.1) is 5.92 Å². The third-order valence-electron chi connectivity index (χ3n) is 3.32. The fourth-order valence-corrected chi connectivity index (χ4v) is 2.20. The van der Waals surface area contributed by atoms with Crippen molar-refractivity contribution in [3.8, 4) is 0 Å². The summed E-state index contributed by atoms with van der Waals surface area (Å²) >= 11 is 0. The van der Waals surface area contributed by atoms with Crippen molar-refractivity contribution in [1.82, 2.24) is 5.32 Å². The van der Waals surface area contributed by atoms with Gasteiger partial charge < -0.3 is 9.73 Å². The maximum absolute atomic E-state index is 5.07. The van der Waals surface area contributed by atoms with Crippen molar-refractivity contribution in [2.24, 2.45) is 5.92 Å². The first kappa shape index (κ1) is 13.9. The van der Waals surface area contributed by atoms with Crippen molar-refractivity contribution < 1.29 is 4.42 Å². The molecule has 1 heterocycles. The molecule has 102 valence electrons. The number of hydrogen-bond donors (Lipinski definition) is 1. The van der Waals surface area contributed by atoms with E-state index in [-0.39, 0.29) is 0 Å². The number of rotatable bonds is 6. The average Bonchev–Trinajstić information content (AvgIpc) is 2.89. The molecule has 19 heavy (non-hydrogen) atoms. The quantitative estimate of drug-likeness (QED) is 0.833. The Labute approximate surface area is 115 Å². The van der Waals surface area contributed by atoms with Crippen molar-refractivity contribution in [1.29, 1.82) is 0 Å². The Morgan fingerprint density at radius 2 is 1.74 bits per heavy atom. The lowest BCUT2D eigenvalue weighted by molar-refractivity contribution is 0.546.